The first-order valence-electron chi connectivity index (χ1n) is 8.16. The largest absolute Gasteiger partial charge is 0.497 e. The van der Waals surface area contributed by atoms with Gasteiger partial charge in [-0.2, -0.15) is 4.98 Å². The quantitative estimate of drug-likeness (QED) is 0.780. The van der Waals surface area contributed by atoms with Crippen LogP contribution in [0.1, 0.15) is 25.1 Å². The molecule has 6 heteroatoms. The normalized spacial score (nSPS) is 15.6. The molecule has 0 aliphatic heterocycles. The summed E-state index contributed by atoms with van der Waals surface area (Å²) in [6.07, 6.45) is 2.70. The fourth-order valence-electron chi connectivity index (χ4n) is 2.97. The summed E-state index contributed by atoms with van der Waals surface area (Å²) < 4.78 is 25.0. The lowest BCUT2D eigenvalue weighted by Gasteiger charge is -2.34. The Bertz CT molecular complexity index is 901. The van der Waals surface area contributed by atoms with E-state index in [1.807, 2.05) is 30.3 Å². The number of hydrogen-bond acceptors (Lipinski definition) is 5. The number of ether oxygens (including phenoxy) is 1. The molecule has 0 spiro atoms. The van der Waals surface area contributed by atoms with E-state index in [2.05, 4.69) is 10.1 Å². The van der Waals surface area contributed by atoms with E-state index in [-0.39, 0.29) is 11.5 Å². The molecular weight excluding hydrogens is 321 g/mol. The zero-order valence-corrected chi connectivity index (χ0v) is 13.8. The molecule has 1 heterocycles. The van der Waals surface area contributed by atoms with Crippen molar-refractivity contribution in [2.24, 2.45) is 5.73 Å². The van der Waals surface area contributed by atoms with Crippen molar-refractivity contribution in [3.63, 3.8) is 0 Å². The Morgan fingerprint density at radius 3 is 2.44 bits per heavy atom. The second kappa shape index (κ2) is 5.97. The summed E-state index contributed by atoms with van der Waals surface area (Å²) in [4.78, 5) is 4.30. The molecule has 128 valence electrons. The van der Waals surface area contributed by atoms with Gasteiger partial charge in [0.1, 0.15) is 11.6 Å². The molecule has 2 N–H and O–H groups in total. The number of nitrogens with zero attached hydrogens (tertiary/aromatic N) is 2. The third-order valence-corrected chi connectivity index (χ3v) is 4.74. The summed E-state index contributed by atoms with van der Waals surface area (Å²) >= 11 is 0. The molecule has 0 atom stereocenters. The highest BCUT2D eigenvalue weighted by molar-refractivity contribution is 5.68. The van der Waals surface area contributed by atoms with Gasteiger partial charge in [0.05, 0.1) is 18.2 Å². The molecule has 1 aliphatic rings. The number of aromatic nitrogens is 2. The monoisotopic (exact) mass is 339 g/mol. The van der Waals surface area contributed by atoms with Crippen molar-refractivity contribution < 1.29 is 13.7 Å². The Morgan fingerprint density at radius 2 is 1.84 bits per heavy atom. The predicted octanol–water partition coefficient (Wildman–Crippen LogP) is 3.89. The van der Waals surface area contributed by atoms with Gasteiger partial charge < -0.3 is 15.0 Å². The Hall–Kier alpha value is -2.73. The molecule has 0 amide bonds. The lowest BCUT2D eigenvalue weighted by Crippen LogP contribution is -2.44. The molecule has 1 aliphatic carbocycles. The van der Waals surface area contributed by atoms with Gasteiger partial charge in [0.25, 0.3) is 5.89 Å². The van der Waals surface area contributed by atoms with Crippen LogP contribution in [0.3, 0.4) is 0 Å². The minimum absolute atomic E-state index is 0.158. The summed E-state index contributed by atoms with van der Waals surface area (Å²) in [6, 6.07) is 12.4. The van der Waals surface area contributed by atoms with Crippen molar-refractivity contribution in [2.45, 2.75) is 24.8 Å². The molecule has 0 saturated heterocycles. The summed E-state index contributed by atoms with van der Waals surface area (Å²) in [5, 5.41) is 3.94. The van der Waals surface area contributed by atoms with Crippen molar-refractivity contribution in [3.8, 4) is 28.3 Å². The molecule has 2 aromatic carbocycles. The molecule has 5 nitrogen and oxygen atoms in total. The van der Waals surface area contributed by atoms with E-state index in [0.29, 0.717) is 5.82 Å². The molecule has 25 heavy (non-hydrogen) atoms. The van der Waals surface area contributed by atoms with Crippen molar-refractivity contribution in [1.82, 2.24) is 10.1 Å². The van der Waals surface area contributed by atoms with Crippen molar-refractivity contribution in [2.75, 3.05) is 7.11 Å². The zero-order chi connectivity index (χ0) is 17.4. The van der Waals surface area contributed by atoms with Crippen LogP contribution >= 0.6 is 0 Å². The van der Waals surface area contributed by atoms with Gasteiger partial charge in [-0.1, -0.05) is 23.4 Å². The van der Waals surface area contributed by atoms with Gasteiger partial charge in [0.2, 0.25) is 0 Å². The maximum absolute atomic E-state index is 14.6. The van der Waals surface area contributed by atoms with Crippen LogP contribution in [0.5, 0.6) is 5.75 Å². The van der Waals surface area contributed by atoms with Crippen LogP contribution in [0.4, 0.5) is 4.39 Å². The van der Waals surface area contributed by atoms with Crippen LogP contribution < -0.4 is 10.5 Å². The van der Waals surface area contributed by atoms with Gasteiger partial charge in [0.15, 0.2) is 5.82 Å². The first kappa shape index (κ1) is 15.8. The van der Waals surface area contributed by atoms with Crippen LogP contribution in [-0.2, 0) is 5.54 Å². The topological polar surface area (TPSA) is 74.2 Å². The van der Waals surface area contributed by atoms with Crippen LogP contribution in [0, 0.1) is 5.82 Å². The number of methoxy groups -OCH3 is 1. The predicted molar refractivity (Wildman–Crippen MR) is 91.4 cm³/mol. The van der Waals surface area contributed by atoms with E-state index < -0.39 is 11.4 Å². The average molecular weight is 339 g/mol. The highest BCUT2D eigenvalue weighted by Gasteiger charge is 2.39. The van der Waals surface area contributed by atoms with E-state index in [4.69, 9.17) is 15.0 Å². The van der Waals surface area contributed by atoms with Crippen LogP contribution in [0.25, 0.3) is 22.6 Å². The number of nitrogens with two attached hydrogens (primary N) is 1. The van der Waals surface area contributed by atoms with Crippen LogP contribution in [-0.4, -0.2) is 17.3 Å². The minimum Gasteiger partial charge on any atom is -0.497 e. The Balaban J connectivity index is 1.63. The molecule has 1 fully saturated rings. The van der Waals surface area contributed by atoms with Gasteiger partial charge in [-0.3, -0.25) is 0 Å². The fraction of sp³-hybridized carbons (Fsp3) is 0.263. The van der Waals surface area contributed by atoms with E-state index in [9.17, 15) is 4.39 Å². The standard InChI is InChI=1S/C19H18FN3O2/c1-24-14-6-3-12(4-7-14)13-5-8-15(16(20)11-13)17-22-18(23-25-17)19(21)9-2-10-19/h3-8,11H,2,9-10,21H2,1H3. The Kier molecular flexibility index (Phi) is 3.77. The van der Waals surface area contributed by atoms with Gasteiger partial charge in [-0.05, 0) is 54.7 Å². The average Bonchev–Trinajstić information content (AvgIpc) is 3.10. The third kappa shape index (κ3) is 2.78. The number of rotatable bonds is 4. The number of benzene rings is 2. The maximum Gasteiger partial charge on any atom is 0.260 e. The lowest BCUT2D eigenvalue weighted by atomic mass is 9.77. The number of hydrogen-bond donors (Lipinski definition) is 1. The van der Waals surface area contributed by atoms with Crippen LogP contribution in [0.15, 0.2) is 47.0 Å². The third-order valence-electron chi connectivity index (χ3n) is 4.74. The van der Waals surface area contributed by atoms with Crippen molar-refractivity contribution in [3.05, 3.63) is 54.1 Å². The fourth-order valence-corrected chi connectivity index (χ4v) is 2.97. The molecule has 0 radical (unpaired) electrons. The van der Waals surface area contributed by atoms with Crippen molar-refractivity contribution in [1.29, 1.82) is 0 Å². The Labute approximate surface area is 144 Å². The van der Waals surface area contributed by atoms with E-state index >= 15 is 0 Å². The first-order valence-corrected chi connectivity index (χ1v) is 8.16. The number of halogens is 1. The van der Waals surface area contributed by atoms with Gasteiger partial charge in [-0.25, -0.2) is 4.39 Å². The maximum atomic E-state index is 14.6. The van der Waals surface area contributed by atoms with E-state index in [0.717, 1.165) is 36.1 Å². The van der Waals surface area contributed by atoms with Gasteiger partial charge in [-0.15, -0.1) is 0 Å². The van der Waals surface area contributed by atoms with E-state index in [1.165, 1.54) is 6.07 Å². The smallest absolute Gasteiger partial charge is 0.260 e. The van der Waals surface area contributed by atoms with E-state index in [1.54, 1.807) is 13.2 Å². The molecule has 1 aromatic heterocycles. The zero-order valence-electron chi connectivity index (χ0n) is 13.8. The molecule has 0 unspecified atom stereocenters. The lowest BCUT2D eigenvalue weighted by molar-refractivity contribution is 0.229. The molecule has 0 bridgehead atoms. The SMILES string of the molecule is COc1ccc(-c2ccc(-c3nc(C4(N)CCC4)no3)c(F)c2)cc1. The summed E-state index contributed by atoms with van der Waals surface area (Å²) in [5.41, 5.74) is 7.60. The van der Waals surface area contributed by atoms with Gasteiger partial charge in [0, 0.05) is 0 Å². The summed E-state index contributed by atoms with van der Waals surface area (Å²) in [5.74, 6) is 0.951. The van der Waals surface area contributed by atoms with Crippen LogP contribution in [0.2, 0.25) is 0 Å². The summed E-state index contributed by atoms with van der Waals surface area (Å²) in [6.45, 7) is 0. The highest BCUT2D eigenvalue weighted by Crippen LogP contribution is 2.38. The van der Waals surface area contributed by atoms with Crippen molar-refractivity contribution >= 4 is 0 Å². The second-order valence-electron chi connectivity index (χ2n) is 6.36. The minimum atomic E-state index is -0.527. The molecular formula is C19H18FN3O2. The highest BCUT2D eigenvalue weighted by atomic mass is 19.1. The summed E-state index contributed by atoms with van der Waals surface area (Å²) in [7, 11) is 1.61. The first-order chi connectivity index (χ1) is 12.1. The molecule has 1 saturated carbocycles. The van der Waals surface area contributed by atoms with Gasteiger partial charge >= 0.3 is 0 Å². The molecule has 3 aromatic rings. The molecule has 4 rings (SSSR count). The Morgan fingerprint density at radius 1 is 1.12 bits per heavy atom. The second-order valence-corrected chi connectivity index (χ2v) is 6.36.